The number of hydrogen-bond donors (Lipinski definition) is 2. The highest BCUT2D eigenvalue weighted by Gasteiger charge is 2.15. The van der Waals surface area contributed by atoms with Crippen molar-refractivity contribution >= 4 is 33.1 Å². The van der Waals surface area contributed by atoms with E-state index in [2.05, 4.69) is 91.3 Å². The molecule has 0 unspecified atom stereocenters. The molecule has 0 aliphatic carbocycles. The van der Waals surface area contributed by atoms with Gasteiger partial charge in [-0.3, -0.25) is 15.1 Å². The predicted octanol–water partition coefficient (Wildman–Crippen LogP) is 5.96. The van der Waals surface area contributed by atoms with E-state index in [0.717, 1.165) is 62.1 Å². The molecule has 5 aromatic heterocycles. The third kappa shape index (κ3) is 3.61. The lowest BCUT2D eigenvalue weighted by molar-refractivity contribution is 0.402. The zero-order valence-electron chi connectivity index (χ0n) is 18.3. The Morgan fingerprint density at radius 3 is 2.64 bits per heavy atom. The molecule has 1 aromatic carbocycles. The largest absolute Gasteiger partial charge is 0.353 e. The first kappa shape index (κ1) is 19.8. The maximum absolute atomic E-state index is 4.65. The van der Waals surface area contributed by atoms with Crippen molar-refractivity contribution in [2.75, 3.05) is 14.1 Å². The van der Waals surface area contributed by atoms with E-state index < -0.39 is 0 Å². The summed E-state index contributed by atoms with van der Waals surface area (Å²) < 4.78 is 0. The Balaban J connectivity index is 1.45. The molecule has 0 radical (unpaired) electrons. The van der Waals surface area contributed by atoms with E-state index in [1.54, 1.807) is 11.3 Å². The topological polar surface area (TPSA) is 73.5 Å². The van der Waals surface area contributed by atoms with Gasteiger partial charge in [0.1, 0.15) is 5.69 Å². The van der Waals surface area contributed by atoms with Gasteiger partial charge in [-0.05, 0) is 67.0 Å². The molecule has 5 heterocycles. The van der Waals surface area contributed by atoms with Crippen molar-refractivity contribution in [1.29, 1.82) is 0 Å². The van der Waals surface area contributed by atoms with E-state index >= 15 is 0 Å². The highest BCUT2D eigenvalue weighted by Crippen LogP contribution is 2.34. The molecular formula is C26H22N6S. The molecule has 162 valence electrons. The van der Waals surface area contributed by atoms with Crippen LogP contribution in [-0.2, 0) is 6.54 Å². The minimum absolute atomic E-state index is 0.857. The molecule has 0 saturated carbocycles. The van der Waals surface area contributed by atoms with E-state index in [9.17, 15) is 0 Å². The first-order valence-electron chi connectivity index (χ1n) is 10.7. The Morgan fingerprint density at radius 2 is 1.79 bits per heavy atom. The third-order valence-electron chi connectivity index (χ3n) is 5.79. The molecule has 6 nitrogen and oxygen atoms in total. The lowest BCUT2D eigenvalue weighted by atomic mass is 10.0. The van der Waals surface area contributed by atoms with E-state index in [1.807, 2.05) is 24.7 Å². The van der Waals surface area contributed by atoms with Gasteiger partial charge in [-0.2, -0.15) is 16.4 Å². The second-order valence-electron chi connectivity index (χ2n) is 8.47. The van der Waals surface area contributed by atoms with Crippen molar-refractivity contribution in [3.8, 4) is 33.8 Å². The smallest absolute Gasteiger partial charge is 0.116 e. The maximum atomic E-state index is 4.65. The highest BCUT2D eigenvalue weighted by atomic mass is 32.1. The van der Waals surface area contributed by atoms with Gasteiger partial charge in [-0.25, -0.2) is 0 Å². The van der Waals surface area contributed by atoms with E-state index in [4.69, 9.17) is 0 Å². The van der Waals surface area contributed by atoms with Gasteiger partial charge in [0.2, 0.25) is 0 Å². The molecule has 0 aliphatic rings. The number of aromatic amines is 2. The minimum Gasteiger partial charge on any atom is -0.353 e. The van der Waals surface area contributed by atoms with Gasteiger partial charge < -0.3 is 9.88 Å². The van der Waals surface area contributed by atoms with Crippen LogP contribution < -0.4 is 0 Å². The van der Waals surface area contributed by atoms with Crippen LogP contribution in [0.5, 0.6) is 0 Å². The summed E-state index contributed by atoms with van der Waals surface area (Å²) in [4.78, 5) is 14.8. The molecule has 6 aromatic rings. The van der Waals surface area contributed by atoms with Gasteiger partial charge >= 0.3 is 0 Å². The van der Waals surface area contributed by atoms with Crippen molar-refractivity contribution in [3.05, 3.63) is 77.4 Å². The Hall–Kier alpha value is -3.81. The molecule has 0 fully saturated rings. The molecule has 0 spiro atoms. The molecule has 0 aliphatic heterocycles. The fourth-order valence-electron chi connectivity index (χ4n) is 4.31. The van der Waals surface area contributed by atoms with Crippen LogP contribution in [0.4, 0.5) is 0 Å². The summed E-state index contributed by atoms with van der Waals surface area (Å²) in [7, 11) is 4.13. The summed E-state index contributed by atoms with van der Waals surface area (Å²) in [5.41, 5.74) is 9.45. The third-order valence-corrected chi connectivity index (χ3v) is 6.47. The summed E-state index contributed by atoms with van der Waals surface area (Å²) in [6.07, 6.45) is 5.70. The Labute approximate surface area is 195 Å². The Morgan fingerprint density at radius 1 is 0.879 bits per heavy atom. The molecule has 0 bridgehead atoms. The van der Waals surface area contributed by atoms with E-state index in [1.165, 1.54) is 5.56 Å². The van der Waals surface area contributed by atoms with Crippen LogP contribution in [0.2, 0.25) is 0 Å². The van der Waals surface area contributed by atoms with Gasteiger partial charge in [-0.1, -0.05) is 6.07 Å². The summed E-state index contributed by atoms with van der Waals surface area (Å²) in [6, 6.07) is 14.9. The van der Waals surface area contributed by atoms with Crippen LogP contribution in [-0.4, -0.2) is 44.1 Å². The molecule has 0 atom stereocenters. The standard InChI is InChI=1S/C26H22N6S/c1-32(2)14-16-9-19(13-27-12-16)17-3-4-23-20(10-17)26(31-30-23)24-11-21-22(29-24)5-7-28-25(21)18-6-8-33-15-18/h3-13,15,29H,14H2,1-2H3,(H,30,31). The molecule has 7 heteroatoms. The van der Waals surface area contributed by atoms with Crippen molar-refractivity contribution in [2.24, 2.45) is 0 Å². The number of nitrogens with one attached hydrogen (secondary N) is 2. The van der Waals surface area contributed by atoms with E-state index in [0.29, 0.717) is 0 Å². The average molecular weight is 451 g/mol. The van der Waals surface area contributed by atoms with Crippen molar-refractivity contribution < 1.29 is 0 Å². The molecule has 0 amide bonds. The van der Waals surface area contributed by atoms with Crippen LogP contribution in [0.3, 0.4) is 0 Å². The van der Waals surface area contributed by atoms with Crippen LogP contribution in [0.25, 0.3) is 55.6 Å². The fourth-order valence-corrected chi connectivity index (χ4v) is 4.95. The summed E-state index contributed by atoms with van der Waals surface area (Å²) in [5, 5.41) is 14.2. The van der Waals surface area contributed by atoms with Crippen LogP contribution in [0, 0.1) is 0 Å². The monoisotopic (exact) mass is 450 g/mol. The number of pyridine rings is 2. The van der Waals surface area contributed by atoms with Gasteiger partial charge in [0.05, 0.1) is 16.9 Å². The van der Waals surface area contributed by atoms with Crippen LogP contribution in [0.1, 0.15) is 5.56 Å². The summed E-state index contributed by atoms with van der Waals surface area (Å²) >= 11 is 1.68. The number of aromatic nitrogens is 5. The van der Waals surface area contributed by atoms with Gasteiger partial charge in [0, 0.05) is 57.9 Å². The number of fused-ring (bicyclic) bond motifs is 2. The molecular weight excluding hydrogens is 428 g/mol. The molecule has 6 rings (SSSR count). The molecule has 33 heavy (non-hydrogen) atoms. The van der Waals surface area contributed by atoms with Gasteiger partial charge in [0.25, 0.3) is 0 Å². The zero-order valence-corrected chi connectivity index (χ0v) is 19.1. The van der Waals surface area contributed by atoms with Gasteiger partial charge in [0.15, 0.2) is 0 Å². The van der Waals surface area contributed by atoms with Crippen molar-refractivity contribution in [3.63, 3.8) is 0 Å². The normalized spacial score (nSPS) is 11.7. The number of hydrogen-bond acceptors (Lipinski definition) is 5. The minimum atomic E-state index is 0.857. The highest BCUT2D eigenvalue weighted by molar-refractivity contribution is 7.08. The lowest BCUT2D eigenvalue weighted by Crippen LogP contribution is -2.10. The quantitative estimate of drug-likeness (QED) is 0.340. The first-order chi connectivity index (χ1) is 16.2. The average Bonchev–Trinajstić information content (AvgIpc) is 3.57. The van der Waals surface area contributed by atoms with Crippen LogP contribution >= 0.6 is 11.3 Å². The summed E-state index contributed by atoms with van der Waals surface area (Å²) in [6.45, 7) is 0.857. The Kier molecular flexibility index (Phi) is 4.78. The lowest BCUT2D eigenvalue weighted by Gasteiger charge is -2.10. The summed E-state index contributed by atoms with van der Waals surface area (Å²) in [5.74, 6) is 0. The fraction of sp³-hybridized carbons (Fsp3) is 0.115. The maximum Gasteiger partial charge on any atom is 0.116 e. The Bertz CT molecular complexity index is 1580. The van der Waals surface area contributed by atoms with E-state index in [-0.39, 0.29) is 0 Å². The first-order valence-corrected chi connectivity index (χ1v) is 11.7. The SMILES string of the molecule is CN(C)Cc1cncc(-c2ccc3[nH]nc(-c4cc5c(-c6ccsc6)nccc5[nH]4)c3c2)c1. The second kappa shape index (κ2) is 7.95. The number of H-pyrrole nitrogens is 2. The zero-order chi connectivity index (χ0) is 22.4. The van der Waals surface area contributed by atoms with Crippen molar-refractivity contribution in [1.82, 2.24) is 30.0 Å². The number of rotatable bonds is 5. The molecule has 0 saturated heterocycles. The molecule has 2 N–H and O–H groups in total. The predicted molar refractivity (Wildman–Crippen MR) is 135 cm³/mol. The van der Waals surface area contributed by atoms with Crippen molar-refractivity contribution in [2.45, 2.75) is 6.54 Å². The van der Waals surface area contributed by atoms with Crippen LogP contribution in [0.15, 0.2) is 71.8 Å². The number of thiophene rings is 1. The number of benzene rings is 1. The number of nitrogens with zero attached hydrogens (tertiary/aromatic N) is 4. The van der Waals surface area contributed by atoms with Gasteiger partial charge in [-0.15, -0.1) is 0 Å². The second-order valence-corrected chi connectivity index (χ2v) is 9.25.